The SMILES string of the molecule is O=C(NO)C(Cc1ccccc1)Cc1ccccc1. The van der Waals surface area contributed by atoms with Crippen LogP contribution in [0.1, 0.15) is 11.1 Å². The molecule has 98 valence electrons. The Morgan fingerprint density at radius 1 is 0.895 bits per heavy atom. The van der Waals surface area contributed by atoms with E-state index in [1.165, 1.54) is 0 Å². The van der Waals surface area contributed by atoms with E-state index < -0.39 is 0 Å². The van der Waals surface area contributed by atoms with Crippen LogP contribution in [0.15, 0.2) is 60.7 Å². The fraction of sp³-hybridized carbons (Fsp3) is 0.188. The number of carbonyl (C=O) groups excluding carboxylic acids is 1. The van der Waals surface area contributed by atoms with Crippen molar-refractivity contribution in [3.05, 3.63) is 71.8 Å². The highest BCUT2D eigenvalue weighted by molar-refractivity contribution is 5.78. The predicted octanol–water partition coefficient (Wildman–Crippen LogP) is 2.59. The summed E-state index contributed by atoms with van der Waals surface area (Å²) in [5, 5.41) is 8.86. The van der Waals surface area contributed by atoms with Gasteiger partial charge in [0, 0.05) is 5.92 Å². The quantitative estimate of drug-likeness (QED) is 0.637. The molecular weight excluding hydrogens is 238 g/mol. The topological polar surface area (TPSA) is 49.3 Å². The minimum atomic E-state index is -0.340. The largest absolute Gasteiger partial charge is 0.289 e. The summed E-state index contributed by atoms with van der Waals surface area (Å²) in [6, 6.07) is 19.6. The number of rotatable bonds is 5. The van der Waals surface area contributed by atoms with Gasteiger partial charge in [0.2, 0.25) is 5.91 Å². The highest BCUT2D eigenvalue weighted by Gasteiger charge is 2.18. The minimum Gasteiger partial charge on any atom is -0.289 e. The van der Waals surface area contributed by atoms with Gasteiger partial charge >= 0.3 is 0 Å². The lowest BCUT2D eigenvalue weighted by Gasteiger charge is -2.15. The summed E-state index contributed by atoms with van der Waals surface area (Å²) < 4.78 is 0. The van der Waals surface area contributed by atoms with Crippen LogP contribution in [0.2, 0.25) is 0 Å². The number of carbonyl (C=O) groups is 1. The molecule has 0 fully saturated rings. The molecule has 0 spiro atoms. The van der Waals surface area contributed by atoms with Crippen molar-refractivity contribution in [1.82, 2.24) is 5.48 Å². The van der Waals surface area contributed by atoms with Gasteiger partial charge in [0.15, 0.2) is 0 Å². The Labute approximate surface area is 112 Å². The van der Waals surface area contributed by atoms with Crippen molar-refractivity contribution in [3.63, 3.8) is 0 Å². The molecule has 0 atom stereocenters. The van der Waals surface area contributed by atoms with Gasteiger partial charge in [0.25, 0.3) is 0 Å². The van der Waals surface area contributed by atoms with E-state index in [1.807, 2.05) is 60.7 Å². The van der Waals surface area contributed by atoms with E-state index in [-0.39, 0.29) is 11.8 Å². The Morgan fingerprint density at radius 3 is 1.68 bits per heavy atom. The average Bonchev–Trinajstić information content (AvgIpc) is 2.48. The van der Waals surface area contributed by atoms with Crippen molar-refractivity contribution in [3.8, 4) is 0 Å². The lowest BCUT2D eigenvalue weighted by atomic mass is 9.92. The Hall–Kier alpha value is -2.13. The average molecular weight is 255 g/mol. The van der Waals surface area contributed by atoms with E-state index >= 15 is 0 Å². The summed E-state index contributed by atoms with van der Waals surface area (Å²) in [5.41, 5.74) is 3.95. The van der Waals surface area contributed by atoms with Crippen LogP contribution in [-0.2, 0) is 17.6 Å². The lowest BCUT2D eigenvalue weighted by Crippen LogP contribution is -2.30. The van der Waals surface area contributed by atoms with Crippen LogP contribution < -0.4 is 5.48 Å². The monoisotopic (exact) mass is 255 g/mol. The molecule has 0 aliphatic heterocycles. The molecule has 0 bridgehead atoms. The third-order valence-electron chi connectivity index (χ3n) is 3.13. The standard InChI is InChI=1S/C16H17NO2/c18-16(17-19)15(11-13-7-3-1-4-8-13)12-14-9-5-2-6-10-14/h1-10,15,19H,11-12H2,(H,17,18). The van der Waals surface area contributed by atoms with Gasteiger partial charge < -0.3 is 0 Å². The molecular formula is C16H17NO2. The first-order chi connectivity index (χ1) is 9.29. The third-order valence-corrected chi connectivity index (χ3v) is 3.13. The maximum atomic E-state index is 11.8. The van der Waals surface area contributed by atoms with Crippen molar-refractivity contribution in [2.45, 2.75) is 12.8 Å². The van der Waals surface area contributed by atoms with E-state index in [9.17, 15) is 4.79 Å². The molecule has 19 heavy (non-hydrogen) atoms. The molecule has 2 aromatic carbocycles. The molecule has 0 heterocycles. The minimum absolute atomic E-state index is 0.269. The van der Waals surface area contributed by atoms with Crippen molar-refractivity contribution in [2.75, 3.05) is 0 Å². The molecule has 2 N–H and O–H groups in total. The Bertz CT molecular complexity index is 469. The Kier molecular flexibility index (Phi) is 4.70. The number of benzene rings is 2. The fourth-order valence-electron chi connectivity index (χ4n) is 2.15. The van der Waals surface area contributed by atoms with E-state index in [0.29, 0.717) is 12.8 Å². The summed E-state index contributed by atoms with van der Waals surface area (Å²) in [6.07, 6.45) is 1.23. The van der Waals surface area contributed by atoms with Gasteiger partial charge in [-0.05, 0) is 24.0 Å². The number of amides is 1. The number of hydrogen-bond donors (Lipinski definition) is 2. The van der Waals surface area contributed by atoms with Crippen LogP contribution in [0.25, 0.3) is 0 Å². The zero-order valence-corrected chi connectivity index (χ0v) is 10.6. The van der Waals surface area contributed by atoms with E-state index in [2.05, 4.69) is 0 Å². The first-order valence-electron chi connectivity index (χ1n) is 6.31. The van der Waals surface area contributed by atoms with Crippen molar-refractivity contribution in [2.24, 2.45) is 5.92 Å². The highest BCUT2D eigenvalue weighted by atomic mass is 16.5. The molecule has 0 saturated heterocycles. The van der Waals surface area contributed by atoms with Crippen molar-refractivity contribution >= 4 is 5.91 Å². The van der Waals surface area contributed by atoms with Crippen molar-refractivity contribution < 1.29 is 10.0 Å². The Balaban J connectivity index is 2.10. The smallest absolute Gasteiger partial charge is 0.247 e. The second kappa shape index (κ2) is 6.71. The normalized spacial score (nSPS) is 10.4. The summed E-state index contributed by atoms with van der Waals surface area (Å²) in [6.45, 7) is 0. The summed E-state index contributed by atoms with van der Waals surface area (Å²) in [7, 11) is 0. The predicted molar refractivity (Wildman–Crippen MR) is 73.7 cm³/mol. The molecule has 0 saturated carbocycles. The molecule has 0 aliphatic carbocycles. The van der Waals surface area contributed by atoms with Gasteiger partial charge in [0.05, 0.1) is 0 Å². The van der Waals surface area contributed by atoms with Crippen LogP contribution in [0.4, 0.5) is 0 Å². The number of nitrogens with one attached hydrogen (secondary N) is 1. The Morgan fingerprint density at radius 2 is 1.32 bits per heavy atom. The first-order valence-corrected chi connectivity index (χ1v) is 6.31. The third kappa shape index (κ3) is 3.93. The van der Waals surface area contributed by atoms with Gasteiger partial charge in [-0.1, -0.05) is 60.7 Å². The molecule has 3 heteroatoms. The van der Waals surface area contributed by atoms with Gasteiger partial charge in [-0.3, -0.25) is 10.0 Å². The van der Waals surface area contributed by atoms with Gasteiger partial charge in [-0.25, -0.2) is 5.48 Å². The molecule has 3 nitrogen and oxygen atoms in total. The van der Waals surface area contributed by atoms with E-state index in [4.69, 9.17) is 5.21 Å². The fourth-order valence-corrected chi connectivity index (χ4v) is 2.15. The number of hydrogen-bond acceptors (Lipinski definition) is 2. The number of hydroxylamine groups is 1. The second-order valence-corrected chi connectivity index (χ2v) is 4.55. The van der Waals surface area contributed by atoms with E-state index in [1.54, 1.807) is 5.48 Å². The molecule has 0 aliphatic rings. The highest BCUT2D eigenvalue weighted by Crippen LogP contribution is 2.15. The van der Waals surface area contributed by atoms with Gasteiger partial charge in [-0.2, -0.15) is 0 Å². The van der Waals surface area contributed by atoms with Crippen LogP contribution >= 0.6 is 0 Å². The maximum Gasteiger partial charge on any atom is 0.247 e. The molecule has 2 rings (SSSR count). The zero-order valence-electron chi connectivity index (χ0n) is 10.6. The molecule has 2 aromatic rings. The van der Waals surface area contributed by atoms with Crippen LogP contribution in [0.3, 0.4) is 0 Å². The van der Waals surface area contributed by atoms with Crippen molar-refractivity contribution in [1.29, 1.82) is 0 Å². The van der Waals surface area contributed by atoms with Crippen LogP contribution in [0, 0.1) is 5.92 Å². The molecule has 1 amide bonds. The molecule has 0 radical (unpaired) electrons. The van der Waals surface area contributed by atoms with Crippen LogP contribution in [-0.4, -0.2) is 11.1 Å². The molecule has 0 unspecified atom stereocenters. The van der Waals surface area contributed by atoms with Gasteiger partial charge in [0.1, 0.15) is 0 Å². The molecule has 0 aromatic heterocycles. The maximum absolute atomic E-state index is 11.8. The summed E-state index contributed by atoms with van der Waals surface area (Å²) in [4.78, 5) is 11.8. The zero-order chi connectivity index (χ0) is 13.5. The summed E-state index contributed by atoms with van der Waals surface area (Å²) >= 11 is 0. The first kappa shape index (κ1) is 13.3. The lowest BCUT2D eigenvalue weighted by molar-refractivity contribution is -0.133. The van der Waals surface area contributed by atoms with Crippen LogP contribution in [0.5, 0.6) is 0 Å². The van der Waals surface area contributed by atoms with E-state index in [0.717, 1.165) is 11.1 Å². The summed E-state index contributed by atoms with van der Waals surface area (Å²) in [5.74, 6) is -0.609. The van der Waals surface area contributed by atoms with Gasteiger partial charge in [-0.15, -0.1) is 0 Å². The second-order valence-electron chi connectivity index (χ2n) is 4.55.